The van der Waals surface area contributed by atoms with Gasteiger partial charge in [-0.1, -0.05) is 27.7 Å². The fourth-order valence-electron chi connectivity index (χ4n) is 6.04. The molecule has 0 saturated carbocycles. The molecule has 4 aromatic rings. The molecule has 1 atom stereocenters. The van der Waals surface area contributed by atoms with Gasteiger partial charge in [0.1, 0.15) is 0 Å². The van der Waals surface area contributed by atoms with Gasteiger partial charge in [0.2, 0.25) is 5.90 Å². The molecule has 1 saturated heterocycles. The monoisotopic (exact) mass is 528 g/mol. The summed E-state index contributed by atoms with van der Waals surface area (Å²) >= 11 is 0. The first-order chi connectivity index (χ1) is 18.8. The highest BCUT2D eigenvalue weighted by atomic mass is 16.5. The van der Waals surface area contributed by atoms with Crippen molar-refractivity contribution in [2.45, 2.75) is 58.7 Å². The molecule has 1 amide bonds. The number of ether oxygens (including phenoxy) is 1. The lowest BCUT2D eigenvalue weighted by Gasteiger charge is -2.37. The van der Waals surface area contributed by atoms with Gasteiger partial charge < -0.3 is 20.4 Å². The van der Waals surface area contributed by atoms with E-state index in [0.717, 1.165) is 71.2 Å². The quantitative estimate of drug-likeness (QED) is 0.330. The van der Waals surface area contributed by atoms with Crippen LogP contribution in [0.2, 0.25) is 0 Å². The van der Waals surface area contributed by atoms with Gasteiger partial charge in [-0.2, -0.15) is 5.10 Å². The van der Waals surface area contributed by atoms with E-state index >= 15 is 0 Å². The molecule has 204 valence electrons. The minimum Gasteiger partial charge on any atom is -0.441 e. The second-order valence-corrected chi connectivity index (χ2v) is 11.4. The highest BCUT2D eigenvalue weighted by Crippen LogP contribution is 2.38. The zero-order chi connectivity index (χ0) is 27.3. The molecule has 3 aromatic heterocycles. The normalized spacial score (nSPS) is 19.0. The van der Waals surface area contributed by atoms with Crippen LogP contribution in [0.15, 0.2) is 41.8 Å². The van der Waals surface area contributed by atoms with E-state index in [-0.39, 0.29) is 12.0 Å². The van der Waals surface area contributed by atoms with Crippen LogP contribution in [0.5, 0.6) is 0 Å². The number of rotatable bonds is 7. The van der Waals surface area contributed by atoms with Crippen molar-refractivity contribution in [2.75, 3.05) is 19.6 Å². The summed E-state index contributed by atoms with van der Waals surface area (Å²) in [6.07, 6.45) is 4.55. The number of nitrogens with one attached hydrogen (secondary N) is 2. The van der Waals surface area contributed by atoms with Crippen LogP contribution in [0.25, 0.3) is 33.2 Å². The summed E-state index contributed by atoms with van der Waals surface area (Å²) in [5, 5.41) is 15.8. The number of piperidine rings is 1. The Labute approximate surface area is 227 Å². The third-order valence-electron chi connectivity index (χ3n) is 7.75. The molecule has 0 bridgehead atoms. The molecule has 39 heavy (non-hydrogen) atoms. The van der Waals surface area contributed by atoms with Crippen LogP contribution in [0.3, 0.4) is 0 Å². The van der Waals surface area contributed by atoms with E-state index in [1.54, 1.807) is 11.2 Å². The smallest absolute Gasteiger partial charge is 0.281 e. The number of aromatic amines is 2. The second-order valence-electron chi connectivity index (χ2n) is 11.4. The Kier molecular flexibility index (Phi) is 6.50. The summed E-state index contributed by atoms with van der Waals surface area (Å²) in [6, 6.07) is 8.26. The number of aromatic nitrogens is 4. The van der Waals surface area contributed by atoms with Crippen molar-refractivity contribution in [3.05, 3.63) is 47.8 Å². The number of primary amides is 1. The summed E-state index contributed by atoms with van der Waals surface area (Å²) in [4.78, 5) is 22.9. The summed E-state index contributed by atoms with van der Waals surface area (Å²) in [6.45, 7) is 11.9. The van der Waals surface area contributed by atoms with Gasteiger partial charge in [-0.05, 0) is 54.5 Å². The van der Waals surface area contributed by atoms with E-state index < -0.39 is 12.1 Å². The zero-order valence-electron chi connectivity index (χ0n) is 22.9. The number of hydrazone groups is 1. The number of likely N-dealkylation sites (tertiary alicyclic amines) is 1. The average molecular weight is 529 g/mol. The largest absolute Gasteiger partial charge is 0.441 e. The van der Waals surface area contributed by atoms with Crippen molar-refractivity contribution in [1.29, 1.82) is 0 Å². The molecular formula is C29H36N8O2. The van der Waals surface area contributed by atoms with E-state index in [2.05, 4.69) is 58.8 Å². The number of nitrogens with zero attached hydrogens (tertiary/aromatic N) is 5. The molecule has 6 rings (SSSR count). The predicted molar refractivity (Wildman–Crippen MR) is 152 cm³/mol. The maximum Gasteiger partial charge on any atom is 0.281 e. The fourth-order valence-corrected chi connectivity index (χ4v) is 6.04. The molecule has 0 aliphatic carbocycles. The van der Waals surface area contributed by atoms with Gasteiger partial charge in [0.05, 0.1) is 17.9 Å². The number of hydrogen-bond acceptors (Lipinski definition) is 7. The topological polar surface area (TPSA) is 129 Å². The second kappa shape index (κ2) is 10.00. The number of H-pyrrole nitrogens is 2. The average Bonchev–Trinajstić information content (AvgIpc) is 3.64. The van der Waals surface area contributed by atoms with Gasteiger partial charge in [-0.3, -0.25) is 9.89 Å². The molecule has 4 N–H and O–H groups in total. The fraction of sp³-hybridized carbons (Fsp3) is 0.448. The van der Waals surface area contributed by atoms with Crippen molar-refractivity contribution in [2.24, 2.45) is 16.8 Å². The van der Waals surface area contributed by atoms with Crippen LogP contribution in [0, 0.1) is 5.92 Å². The Morgan fingerprint density at radius 2 is 1.95 bits per heavy atom. The third-order valence-corrected chi connectivity index (χ3v) is 7.75. The number of carbonyl (C=O) groups is 1. The first-order valence-electron chi connectivity index (χ1n) is 13.8. The van der Waals surface area contributed by atoms with Crippen molar-refractivity contribution in [1.82, 2.24) is 30.1 Å². The summed E-state index contributed by atoms with van der Waals surface area (Å²) in [5.74, 6) is 0.789. The van der Waals surface area contributed by atoms with Gasteiger partial charge in [-0.15, -0.1) is 5.10 Å². The number of amides is 1. The van der Waals surface area contributed by atoms with Crippen LogP contribution in [0.4, 0.5) is 0 Å². The van der Waals surface area contributed by atoms with Gasteiger partial charge in [0, 0.05) is 53.2 Å². The van der Waals surface area contributed by atoms with E-state index in [4.69, 9.17) is 15.6 Å². The maximum atomic E-state index is 12.4. The summed E-state index contributed by atoms with van der Waals surface area (Å²) < 4.78 is 6.11. The Hall–Kier alpha value is -3.92. The van der Waals surface area contributed by atoms with Crippen LogP contribution in [-0.4, -0.2) is 73.8 Å². The molecule has 1 aromatic carbocycles. The number of fused-ring (bicyclic) bond motifs is 2. The first kappa shape index (κ1) is 25.4. The van der Waals surface area contributed by atoms with E-state index in [1.807, 2.05) is 24.4 Å². The molecule has 0 radical (unpaired) electrons. The molecule has 1 fully saturated rings. The molecule has 5 heterocycles. The zero-order valence-corrected chi connectivity index (χ0v) is 22.9. The van der Waals surface area contributed by atoms with Gasteiger partial charge in [0.25, 0.3) is 12.1 Å². The molecule has 1 unspecified atom stereocenters. The Balaban J connectivity index is 1.35. The van der Waals surface area contributed by atoms with Crippen molar-refractivity contribution < 1.29 is 9.53 Å². The number of hydrogen-bond donors (Lipinski definition) is 3. The van der Waals surface area contributed by atoms with E-state index in [1.165, 1.54) is 5.56 Å². The molecule has 0 spiro atoms. The maximum absolute atomic E-state index is 12.4. The number of nitrogens with two attached hydrogens (primary N) is 1. The van der Waals surface area contributed by atoms with Gasteiger partial charge >= 0.3 is 0 Å². The van der Waals surface area contributed by atoms with Crippen LogP contribution >= 0.6 is 0 Å². The molecule has 10 heteroatoms. The van der Waals surface area contributed by atoms with Gasteiger partial charge in [-0.25, -0.2) is 9.99 Å². The molecular weight excluding hydrogens is 492 g/mol. The SMILES string of the molecule is CC(C)CN1CCC(N2N=C(c3ccc4[nH]c(-c5ccnc6[nH]ncc56)c(C(C)C)c4c3)OC2C(N)=O)CC1. The highest BCUT2D eigenvalue weighted by molar-refractivity contribution is 6.03. The minimum absolute atomic E-state index is 0.112. The summed E-state index contributed by atoms with van der Waals surface area (Å²) in [5.41, 5.74) is 11.7. The summed E-state index contributed by atoms with van der Waals surface area (Å²) in [7, 11) is 0. The van der Waals surface area contributed by atoms with Crippen molar-refractivity contribution >= 4 is 33.7 Å². The van der Waals surface area contributed by atoms with Crippen LogP contribution < -0.4 is 5.73 Å². The standard InChI is InChI=1S/C29H36N8O2/c1-16(2)15-36-11-8-19(9-12-36)37-29(26(30)38)39-28(35-37)18-5-6-23-21(13-18)24(17(3)4)25(33-23)20-7-10-31-27-22(20)14-32-34-27/h5-7,10,13-14,16-17,19,29,33H,8-9,11-12,15H2,1-4H3,(H2,30,38)(H,31,32,34). The van der Waals surface area contributed by atoms with E-state index in [0.29, 0.717) is 11.8 Å². The number of benzene rings is 1. The predicted octanol–water partition coefficient (Wildman–Crippen LogP) is 4.16. The number of carbonyl (C=O) groups excluding carboxylic acids is 1. The van der Waals surface area contributed by atoms with E-state index in [9.17, 15) is 4.79 Å². The lowest BCUT2D eigenvalue weighted by atomic mass is 9.95. The van der Waals surface area contributed by atoms with Crippen LogP contribution in [0.1, 0.15) is 57.6 Å². The molecule has 10 nitrogen and oxygen atoms in total. The lowest BCUT2D eigenvalue weighted by Crippen LogP contribution is -2.50. The van der Waals surface area contributed by atoms with Crippen molar-refractivity contribution in [3.8, 4) is 11.3 Å². The third kappa shape index (κ3) is 4.63. The van der Waals surface area contributed by atoms with Crippen molar-refractivity contribution in [3.63, 3.8) is 0 Å². The first-order valence-corrected chi connectivity index (χ1v) is 13.8. The molecule has 2 aliphatic heterocycles. The lowest BCUT2D eigenvalue weighted by molar-refractivity contribution is -0.134. The van der Waals surface area contributed by atoms with Crippen LogP contribution in [-0.2, 0) is 9.53 Å². The Morgan fingerprint density at radius 3 is 2.67 bits per heavy atom. The highest BCUT2D eigenvalue weighted by Gasteiger charge is 2.39. The number of pyridine rings is 1. The minimum atomic E-state index is -0.894. The Bertz CT molecular complexity index is 1540. The van der Waals surface area contributed by atoms with Gasteiger partial charge in [0.15, 0.2) is 5.65 Å². The molecule has 2 aliphatic rings. The Morgan fingerprint density at radius 1 is 1.15 bits per heavy atom.